The van der Waals surface area contributed by atoms with Gasteiger partial charge >= 0.3 is 0 Å². The smallest absolute Gasteiger partial charge is 0.254 e. The Labute approximate surface area is 182 Å². The zero-order valence-corrected chi connectivity index (χ0v) is 17.8. The molecule has 0 unspecified atom stereocenters. The summed E-state index contributed by atoms with van der Waals surface area (Å²) in [5.74, 6) is -0.190. The van der Waals surface area contributed by atoms with Crippen LogP contribution in [0.25, 0.3) is 11.1 Å². The summed E-state index contributed by atoms with van der Waals surface area (Å²) in [5, 5.41) is 12.3. The lowest BCUT2D eigenvalue weighted by atomic mass is 9.79. The number of carbonyl (C=O) groups is 2. The molecule has 0 aromatic heterocycles. The molecule has 2 fully saturated rings. The molecule has 0 bridgehead atoms. The Morgan fingerprint density at radius 3 is 2.23 bits per heavy atom. The molecule has 7 nitrogen and oxygen atoms in total. The first-order chi connectivity index (χ1) is 14.9. The number of nitrogens with one attached hydrogen (secondary N) is 1. The summed E-state index contributed by atoms with van der Waals surface area (Å²) in [6, 6.07) is 14.2. The third kappa shape index (κ3) is 3.58. The lowest BCUT2D eigenvalue weighted by molar-refractivity contribution is -0.161. The minimum Gasteiger partial charge on any atom is -0.380 e. The Morgan fingerprint density at radius 1 is 0.935 bits per heavy atom. The van der Waals surface area contributed by atoms with E-state index in [9.17, 15) is 14.7 Å². The van der Waals surface area contributed by atoms with E-state index in [0.717, 1.165) is 24.1 Å². The summed E-state index contributed by atoms with van der Waals surface area (Å²) >= 11 is 0. The van der Waals surface area contributed by atoms with E-state index in [1.165, 1.54) is 11.3 Å². The molecule has 2 aliphatic heterocycles. The molecule has 2 N–H and O–H groups in total. The van der Waals surface area contributed by atoms with Crippen LogP contribution in [0.1, 0.15) is 35.2 Å². The minimum atomic E-state index is -1.16. The number of hydrazine groups is 1. The number of piperazine rings is 1. The van der Waals surface area contributed by atoms with Crippen molar-refractivity contribution in [3.05, 3.63) is 53.6 Å². The Hall–Kier alpha value is -2.90. The molecule has 1 saturated carbocycles. The topological polar surface area (TPSA) is 76.1 Å². The summed E-state index contributed by atoms with van der Waals surface area (Å²) in [6.45, 7) is 2.78. The number of aliphatic hydroxyl groups is 1. The van der Waals surface area contributed by atoms with E-state index in [0.29, 0.717) is 44.6 Å². The van der Waals surface area contributed by atoms with Gasteiger partial charge < -0.3 is 19.9 Å². The van der Waals surface area contributed by atoms with Gasteiger partial charge in [0.1, 0.15) is 5.60 Å². The van der Waals surface area contributed by atoms with Gasteiger partial charge in [-0.1, -0.05) is 24.3 Å². The summed E-state index contributed by atoms with van der Waals surface area (Å²) in [4.78, 5) is 28.9. The number of amides is 2. The number of hydrogen-bond acceptors (Lipinski definition) is 5. The van der Waals surface area contributed by atoms with Gasteiger partial charge in [0.2, 0.25) is 0 Å². The van der Waals surface area contributed by atoms with Gasteiger partial charge in [0.05, 0.1) is 5.69 Å². The molecule has 2 aromatic rings. The molecule has 2 heterocycles. The third-order valence-corrected chi connectivity index (χ3v) is 6.85. The molecule has 162 valence electrons. The number of rotatable bonds is 3. The van der Waals surface area contributed by atoms with Crippen molar-refractivity contribution in [2.45, 2.75) is 31.4 Å². The van der Waals surface area contributed by atoms with Gasteiger partial charge in [-0.3, -0.25) is 9.59 Å². The summed E-state index contributed by atoms with van der Waals surface area (Å²) in [7, 11) is 2.01. The number of hydrogen-bond donors (Lipinski definition) is 2. The van der Waals surface area contributed by atoms with Crippen molar-refractivity contribution in [1.82, 2.24) is 15.2 Å². The van der Waals surface area contributed by atoms with E-state index in [-0.39, 0.29) is 11.8 Å². The molecule has 0 spiro atoms. The van der Waals surface area contributed by atoms with Crippen LogP contribution in [0.15, 0.2) is 42.5 Å². The molecule has 2 amide bonds. The predicted octanol–water partition coefficient (Wildman–Crippen LogP) is 2.01. The van der Waals surface area contributed by atoms with Gasteiger partial charge in [-0.2, -0.15) is 0 Å². The van der Waals surface area contributed by atoms with Crippen LogP contribution in [0.2, 0.25) is 0 Å². The average molecular weight is 421 g/mol. The molecule has 0 radical (unpaired) electrons. The van der Waals surface area contributed by atoms with E-state index in [2.05, 4.69) is 23.6 Å². The molecule has 7 heteroatoms. The van der Waals surface area contributed by atoms with Crippen molar-refractivity contribution >= 4 is 17.5 Å². The number of nitrogens with zero attached hydrogens (tertiary/aromatic N) is 3. The molecule has 1 aliphatic carbocycles. The van der Waals surface area contributed by atoms with Crippen LogP contribution in [-0.4, -0.2) is 65.5 Å². The zero-order valence-electron chi connectivity index (χ0n) is 17.8. The average Bonchev–Trinajstić information content (AvgIpc) is 3.17. The molecule has 0 atom stereocenters. The molecule has 2 aromatic carbocycles. The van der Waals surface area contributed by atoms with Crippen molar-refractivity contribution in [3.63, 3.8) is 0 Å². The summed E-state index contributed by atoms with van der Waals surface area (Å²) in [6.07, 6.45) is 2.00. The van der Waals surface area contributed by atoms with Gasteiger partial charge in [0.15, 0.2) is 0 Å². The van der Waals surface area contributed by atoms with Gasteiger partial charge in [-0.05, 0) is 54.2 Å². The van der Waals surface area contributed by atoms with Crippen LogP contribution in [-0.2, 0) is 11.3 Å². The number of benzene rings is 2. The van der Waals surface area contributed by atoms with Crippen LogP contribution in [0, 0.1) is 0 Å². The number of fused-ring (bicyclic) bond motifs is 1. The van der Waals surface area contributed by atoms with Crippen molar-refractivity contribution < 1.29 is 14.7 Å². The van der Waals surface area contributed by atoms with Crippen molar-refractivity contribution in [1.29, 1.82) is 0 Å². The maximum Gasteiger partial charge on any atom is 0.254 e. The van der Waals surface area contributed by atoms with E-state index in [1.807, 2.05) is 36.3 Å². The normalized spacial score (nSPS) is 19.7. The SMILES string of the molecule is CN1NCc2ccc(-c3ccc(C(=O)N4CCN(C(=O)C5(O)CCC5)CC4)cc3)cc21. The molecular weight excluding hydrogens is 392 g/mol. The Bertz CT molecular complexity index is 1010. The Balaban J connectivity index is 1.23. The number of carbonyl (C=O) groups excluding carboxylic acids is 2. The second kappa shape index (κ2) is 7.66. The first-order valence-electron chi connectivity index (χ1n) is 11.0. The lowest BCUT2D eigenvalue weighted by Gasteiger charge is -2.42. The maximum atomic E-state index is 12.9. The second-order valence-corrected chi connectivity index (χ2v) is 8.78. The monoisotopic (exact) mass is 420 g/mol. The standard InChI is InChI=1S/C24H28N4O3/c1-26-21-15-19(7-8-20(21)16-25-26)17-3-5-18(6-4-17)22(29)27-11-13-28(14-12-27)23(30)24(31)9-2-10-24/h3-8,15,25,31H,2,9-14,16H2,1H3. The highest BCUT2D eigenvalue weighted by Gasteiger charge is 2.45. The first kappa shape index (κ1) is 20.0. The van der Waals surface area contributed by atoms with Crippen LogP contribution >= 0.6 is 0 Å². The quantitative estimate of drug-likeness (QED) is 0.795. The summed E-state index contributed by atoms with van der Waals surface area (Å²) in [5.41, 5.74) is 7.43. The fourth-order valence-corrected chi connectivity index (χ4v) is 4.61. The van der Waals surface area contributed by atoms with Crippen molar-refractivity contribution in [2.24, 2.45) is 0 Å². The molecule has 31 heavy (non-hydrogen) atoms. The second-order valence-electron chi connectivity index (χ2n) is 8.78. The largest absolute Gasteiger partial charge is 0.380 e. The predicted molar refractivity (Wildman–Crippen MR) is 118 cm³/mol. The van der Waals surface area contributed by atoms with E-state index >= 15 is 0 Å². The van der Waals surface area contributed by atoms with E-state index in [1.54, 1.807) is 9.80 Å². The fraction of sp³-hybridized carbons (Fsp3) is 0.417. The molecule has 1 saturated heterocycles. The Kier molecular flexibility index (Phi) is 4.95. The van der Waals surface area contributed by atoms with E-state index < -0.39 is 5.60 Å². The van der Waals surface area contributed by atoms with Crippen molar-refractivity contribution in [3.8, 4) is 11.1 Å². The third-order valence-electron chi connectivity index (χ3n) is 6.85. The number of anilines is 1. The van der Waals surface area contributed by atoms with Gasteiger partial charge in [-0.15, -0.1) is 0 Å². The van der Waals surface area contributed by atoms with Crippen LogP contribution in [0.5, 0.6) is 0 Å². The van der Waals surface area contributed by atoms with Crippen molar-refractivity contribution in [2.75, 3.05) is 38.2 Å². The van der Waals surface area contributed by atoms with Crippen LogP contribution in [0.4, 0.5) is 5.69 Å². The molecule has 3 aliphatic rings. The fourth-order valence-electron chi connectivity index (χ4n) is 4.61. The first-order valence-corrected chi connectivity index (χ1v) is 11.0. The van der Waals surface area contributed by atoms with Gasteiger partial charge in [-0.25, -0.2) is 5.43 Å². The highest BCUT2D eigenvalue weighted by atomic mass is 16.3. The zero-order chi connectivity index (χ0) is 21.6. The molecule has 5 rings (SSSR count). The minimum absolute atomic E-state index is 0.0149. The van der Waals surface area contributed by atoms with Crippen LogP contribution < -0.4 is 10.4 Å². The highest BCUT2D eigenvalue weighted by Crippen LogP contribution is 2.34. The highest BCUT2D eigenvalue weighted by molar-refractivity contribution is 5.95. The Morgan fingerprint density at radius 2 is 1.58 bits per heavy atom. The van der Waals surface area contributed by atoms with Gasteiger partial charge in [0.25, 0.3) is 11.8 Å². The molecular formula is C24H28N4O3. The maximum absolute atomic E-state index is 12.9. The lowest BCUT2D eigenvalue weighted by Crippen LogP contribution is -2.58. The van der Waals surface area contributed by atoms with E-state index in [4.69, 9.17) is 0 Å². The summed E-state index contributed by atoms with van der Waals surface area (Å²) < 4.78 is 0. The van der Waals surface area contributed by atoms with Gasteiger partial charge in [0, 0.05) is 45.3 Å². The van der Waals surface area contributed by atoms with Crippen LogP contribution in [0.3, 0.4) is 0 Å².